The van der Waals surface area contributed by atoms with Gasteiger partial charge in [0, 0.05) is 45.8 Å². The lowest BCUT2D eigenvalue weighted by Crippen LogP contribution is -2.51. The van der Waals surface area contributed by atoms with Gasteiger partial charge in [0.15, 0.2) is 0 Å². The molecule has 3 heterocycles. The summed E-state index contributed by atoms with van der Waals surface area (Å²) in [4.78, 5) is 38.3. The van der Waals surface area contributed by atoms with E-state index < -0.39 is 12.3 Å². The van der Waals surface area contributed by atoms with Crippen molar-refractivity contribution < 1.29 is 32.6 Å². The fourth-order valence-corrected chi connectivity index (χ4v) is 4.44. The maximum absolute atomic E-state index is 12.6. The molecule has 2 aliphatic heterocycles. The Labute approximate surface area is 212 Å². The Morgan fingerprint density at radius 1 is 1.05 bits per heavy atom. The molecule has 1 aromatic heterocycles. The number of hydrogen-bond donors (Lipinski definition) is 2. The van der Waals surface area contributed by atoms with E-state index in [-0.39, 0.29) is 24.1 Å². The molecule has 2 saturated heterocycles. The van der Waals surface area contributed by atoms with E-state index >= 15 is 0 Å². The Balaban J connectivity index is 1.20. The molecular weight excluding hydrogens is 493 g/mol. The van der Waals surface area contributed by atoms with Gasteiger partial charge in [-0.2, -0.15) is 0 Å². The molecular formula is C24H29F3N6O4. The highest BCUT2D eigenvalue weighted by Gasteiger charge is 2.31. The highest BCUT2D eigenvalue weighted by Crippen LogP contribution is 2.24. The molecule has 0 atom stereocenters. The molecule has 2 N–H and O–H groups in total. The average molecular weight is 523 g/mol. The number of rotatable bonds is 8. The largest absolute Gasteiger partial charge is 0.573 e. The number of halogens is 3. The molecule has 4 rings (SSSR count). The summed E-state index contributed by atoms with van der Waals surface area (Å²) in [5, 5.41) is 12.1. The number of carbonyl (C=O) groups is 2. The number of piperazine rings is 1. The smallest absolute Gasteiger partial charge is 0.481 e. The molecule has 0 aliphatic carbocycles. The number of benzene rings is 1. The van der Waals surface area contributed by atoms with Crippen molar-refractivity contribution in [1.29, 1.82) is 0 Å². The first-order valence-corrected chi connectivity index (χ1v) is 12.0. The van der Waals surface area contributed by atoms with Gasteiger partial charge in [-0.15, -0.1) is 13.2 Å². The number of anilines is 2. The van der Waals surface area contributed by atoms with Crippen molar-refractivity contribution in [1.82, 2.24) is 19.8 Å². The predicted molar refractivity (Wildman–Crippen MR) is 128 cm³/mol. The zero-order chi connectivity index (χ0) is 26.4. The van der Waals surface area contributed by atoms with E-state index in [0.29, 0.717) is 70.2 Å². The van der Waals surface area contributed by atoms with Crippen LogP contribution in [-0.4, -0.2) is 88.9 Å². The number of nitrogens with zero attached hydrogens (tertiary/aromatic N) is 5. The third kappa shape index (κ3) is 7.68. The van der Waals surface area contributed by atoms with Gasteiger partial charge in [-0.1, -0.05) is 12.1 Å². The zero-order valence-corrected chi connectivity index (χ0v) is 20.2. The number of ether oxygens (including phenoxy) is 1. The Hall–Kier alpha value is -3.61. The Kier molecular flexibility index (Phi) is 8.31. The Morgan fingerprint density at radius 2 is 1.73 bits per heavy atom. The number of carboxylic acids is 1. The van der Waals surface area contributed by atoms with E-state index in [1.807, 2.05) is 0 Å². The van der Waals surface area contributed by atoms with E-state index in [4.69, 9.17) is 5.11 Å². The van der Waals surface area contributed by atoms with Crippen LogP contribution in [0.15, 0.2) is 36.7 Å². The molecule has 2 aromatic rings. The van der Waals surface area contributed by atoms with Crippen LogP contribution >= 0.6 is 0 Å². The first-order chi connectivity index (χ1) is 17.7. The SMILES string of the molecule is O=C(O)C1CCN(C(=O)CN2CCN(c3cnc(NCc4cccc(OC(F)(F)F)c4)nc3)CC2)CC1. The topological polar surface area (TPSA) is 111 Å². The van der Waals surface area contributed by atoms with Gasteiger partial charge in [0.25, 0.3) is 0 Å². The van der Waals surface area contributed by atoms with Crippen LogP contribution in [0.2, 0.25) is 0 Å². The van der Waals surface area contributed by atoms with Gasteiger partial charge >= 0.3 is 12.3 Å². The number of carbonyl (C=O) groups excluding carboxylic acids is 1. The van der Waals surface area contributed by atoms with Crippen LogP contribution in [0.4, 0.5) is 24.8 Å². The van der Waals surface area contributed by atoms with Gasteiger partial charge in [-0.05, 0) is 30.5 Å². The maximum Gasteiger partial charge on any atom is 0.573 e. The number of aliphatic carboxylic acids is 1. The quantitative estimate of drug-likeness (QED) is 0.540. The van der Waals surface area contributed by atoms with Gasteiger partial charge in [-0.3, -0.25) is 14.5 Å². The summed E-state index contributed by atoms with van der Waals surface area (Å²) in [6.45, 7) is 4.34. The monoisotopic (exact) mass is 522 g/mol. The predicted octanol–water partition coefficient (Wildman–Crippen LogP) is 2.43. The number of alkyl halides is 3. The molecule has 10 nitrogen and oxygen atoms in total. The summed E-state index contributed by atoms with van der Waals surface area (Å²) in [6, 6.07) is 5.70. The summed E-state index contributed by atoms with van der Waals surface area (Å²) in [5.74, 6) is -1.05. The molecule has 1 amide bonds. The highest BCUT2D eigenvalue weighted by molar-refractivity contribution is 5.79. The molecule has 0 spiro atoms. The van der Waals surface area contributed by atoms with Crippen LogP contribution in [-0.2, 0) is 16.1 Å². The van der Waals surface area contributed by atoms with Crippen molar-refractivity contribution in [3.63, 3.8) is 0 Å². The van der Waals surface area contributed by atoms with Gasteiger partial charge in [0.2, 0.25) is 11.9 Å². The van der Waals surface area contributed by atoms with Crippen molar-refractivity contribution in [2.45, 2.75) is 25.7 Å². The number of carboxylic acid groups (broad SMARTS) is 1. The lowest BCUT2D eigenvalue weighted by atomic mass is 9.97. The molecule has 0 radical (unpaired) electrons. The van der Waals surface area contributed by atoms with E-state index in [2.05, 4.69) is 29.8 Å². The van der Waals surface area contributed by atoms with Gasteiger partial charge < -0.3 is 25.0 Å². The Morgan fingerprint density at radius 3 is 2.35 bits per heavy atom. The van der Waals surface area contributed by atoms with Gasteiger partial charge in [-0.25, -0.2) is 9.97 Å². The van der Waals surface area contributed by atoms with Crippen molar-refractivity contribution in [2.24, 2.45) is 5.92 Å². The summed E-state index contributed by atoms with van der Waals surface area (Å²) in [7, 11) is 0. The minimum atomic E-state index is -4.74. The highest BCUT2D eigenvalue weighted by atomic mass is 19.4. The third-order valence-corrected chi connectivity index (χ3v) is 6.51. The van der Waals surface area contributed by atoms with E-state index in [9.17, 15) is 22.8 Å². The molecule has 13 heteroatoms. The standard InChI is InChI=1S/C24H29F3N6O4/c25-24(26,27)37-20-3-1-2-17(12-20)13-28-23-29-14-19(15-30-23)32-10-8-31(9-11-32)16-21(34)33-6-4-18(5-7-33)22(35)36/h1-3,12,14-15,18H,4-11,13,16H2,(H,35,36)(H,28,29,30). The molecule has 2 fully saturated rings. The van der Waals surface area contributed by atoms with E-state index in [1.165, 1.54) is 18.2 Å². The Bertz CT molecular complexity index is 1070. The van der Waals surface area contributed by atoms with Crippen LogP contribution in [0.5, 0.6) is 5.75 Å². The van der Waals surface area contributed by atoms with Crippen LogP contribution in [0, 0.1) is 5.92 Å². The molecule has 1 aromatic carbocycles. The second-order valence-corrected chi connectivity index (χ2v) is 9.07. The number of likely N-dealkylation sites (tertiary alicyclic amines) is 1. The summed E-state index contributed by atoms with van der Waals surface area (Å²) in [5.41, 5.74) is 1.43. The normalized spacial score (nSPS) is 17.5. The second kappa shape index (κ2) is 11.6. The fraction of sp³-hybridized carbons (Fsp3) is 0.500. The van der Waals surface area contributed by atoms with Crippen LogP contribution in [0.3, 0.4) is 0 Å². The van der Waals surface area contributed by atoms with Crippen molar-refractivity contribution >= 4 is 23.5 Å². The summed E-state index contributed by atoms with van der Waals surface area (Å²) >= 11 is 0. The average Bonchev–Trinajstić information content (AvgIpc) is 2.87. The molecule has 37 heavy (non-hydrogen) atoms. The van der Waals surface area contributed by atoms with Crippen molar-refractivity contribution in [3.05, 3.63) is 42.2 Å². The van der Waals surface area contributed by atoms with Gasteiger partial charge in [0.05, 0.1) is 30.5 Å². The molecule has 0 saturated carbocycles. The van der Waals surface area contributed by atoms with Crippen LogP contribution in [0.1, 0.15) is 18.4 Å². The number of aromatic nitrogens is 2. The van der Waals surface area contributed by atoms with Crippen molar-refractivity contribution in [3.8, 4) is 5.75 Å². The maximum atomic E-state index is 12.6. The molecule has 2 aliphatic rings. The molecule has 0 unspecified atom stereocenters. The van der Waals surface area contributed by atoms with Crippen molar-refractivity contribution in [2.75, 3.05) is 56.0 Å². The van der Waals surface area contributed by atoms with Crippen LogP contribution < -0.4 is 15.0 Å². The van der Waals surface area contributed by atoms with Crippen LogP contribution in [0.25, 0.3) is 0 Å². The van der Waals surface area contributed by atoms with E-state index in [0.717, 1.165) is 5.69 Å². The minimum Gasteiger partial charge on any atom is -0.481 e. The minimum absolute atomic E-state index is 0.0338. The first kappa shape index (κ1) is 26.5. The molecule has 200 valence electrons. The number of piperidine rings is 1. The first-order valence-electron chi connectivity index (χ1n) is 12.0. The number of hydrogen-bond acceptors (Lipinski definition) is 8. The third-order valence-electron chi connectivity index (χ3n) is 6.51. The zero-order valence-electron chi connectivity index (χ0n) is 20.2. The van der Waals surface area contributed by atoms with E-state index in [1.54, 1.807) is 23.4 Å². The lowest BCUT2D eigenvalue weighted by Gasteiger charge is -2.37. The summed E-state index contributed by atoms with van der Waals surface area (Å²) < 4.78 is 41.2. The number of amides is 1. The lowest BCUT2D eigenvalue weighted by molar-refractivity contribution is -0.274. The van der Waals surface area contributed by atoms with Gasteiger partial charge in [0.1, 0.15) is 5.75 Å². The second-order valence-electron chi connectivity index (χ2n) is 9.07. The summed E-state index contributed by atoms with van der Waals surface area (Å²) in [6.07, 6.45) is -0.373. The fourth-order valence-electron chi connectivity index (χ4n) is 4.44. The molecule has 0 bridgehead atoms. The number of nitrogens with one attached hydrogen (secondary N) is 1.